The van der Waals surface area contributed by atoms with Crippen LogP contribution >= 0.6 is 0 Å². The van der Waals surface area contributed by atoms with Crippen molar-refractivity contribution in [1.29, 1.82) is 15.8 Å². The van der Waals surface area contributed by atoms with Crippen molar-refractivity contribution in [3.8, 4) is 18.2 Å². The van der Waals surface area contributed by atoms with Crippen molar-refractivity contribution in [3.05, 3.63) is 105 Å². The van der Waals surface area contributed by atoms with Crippen LogP contribution < -0.4 is 10.6 Å². The van der Waals surface area contributed by atoms with Gasteiger partial charge in [0.1, 0.15) is 82.5 Å². The summed E-state index contributed by atoms with van der Waals surface area (Å²) in [4.78, 5) is 205. The van der Waals surface area contributed by atoms with E-state index >= 15 is 0 Å². The number of esters is 10. The van der Waals surface area contributed by atoms with Gasteiger partial charge in [-0.3, -0.25) is 67.3 Å². The molecule has 0 spiro atoms. The summed E-state index contributed by atoms with van der Waals surface area (Å²) < 4.78 is 61.5. The zero-order valence-electron chi connectivity index (χ0n) is 82.8. The van der Waals surface area contributed by atoms with Crippen molar-refractivity contribution in [2.45, 2.75) is 293 Å². The molecule has 2 aromatic rings. The number of nitriles is 3. The van der Waals surface area contributed by atoms with Gasteiger partial charge in [0, 0.05) is 51.6 Å². The molecule has 6 amide bonds. The molecule has 2 heterocycles. The monoisotopic (exact) mass is 1950 g/mol. The van der Waals surface area contributed by atoms with Gasteiger partial charge in [-0.25, -0.2) is 38.9 Å². The van der Waals surface area contributed by atoms with Gasteiger partial charge in [-0.2, -0.15) is 15.8 Å². The Balaban J connectivity index is 0.000000335. The highest BCUT2D eigenvalue weighted by Gasteiger charge is 2.51. The lowest BCUT2D eigenvalue weighted by molar-refractivity contribution is -0.158. The molecular formula is C102H138N10O28. The highest BCUT2D eigenvalue weighted by molar-refractivity contribution is 6.06. The summed E-state index contributed by atoms with van der Waals surface area (Å²) in [5.74, 6) is -6.15. The highest BCUT2D eigenvalue weighted by Crippen LogP contribution is 2.51. The summed E-state index contributed by atoms with van der Waals surface area (Å²) in [7, 11) is 0. The van der Waals surface area contributed by atoms with Crippen LogP contribution in [0.4, 0.5) is 9.59 Å². The number of likely N-dealkylation sites (tertiary alicyclic amines) is 2. The van der Waals surface area contributed by atoms with Crippen molar-refractivity contribution < 1.29 is 134 Å². The number of fused-ring (bicyclic) bond motifs is 2. The van der Waals surface area contributed by atoms with Gasteiger partial charge < -0.3 is 82.0 Å². The van der Waals surface area contributed by atoms with Crippen LogP contribution in [0.25, 0.3) is 14.5 Å². The van der Waals surface area contributed by atoms with Gasteiger partial charge in [-0.05, 0) is 187 Å². The maximum atomic E-state index is 12.7. The van der Waals surface area contributed by atoms with Crippen LogP contribution in [-0.4, -0.2) is 227 Å². The average molecular weight is 1950 g/mol. The number of amides is 6. The predicted molar refractivity (Wildman–Crippen MR) is 499 cm³/mol. The number of nitrogens with one attached hydrogen (secondary N) is 2. The van der Waals surface area contributed by atoms with E-state index in [-0.39, 0.29) is 216 Å². The van der Waals surface area contributed by atoms with Gasteiger partial charge in [-0.1, -0.05) is 116 Å². The molecule has 4 saturated carbocycles. The first-order chi connectivity index (χ1) is 66.3. The lowest BCUT2D eigenvalue weighted by Crippen LogP contribution is -2.44. The Bertz CT molecular complexity index is 4630. The SMILES string of the molecule is CC(CN1C(=O)C2CCCCC2C1=O)OC(=O)CCc1cccc(CCC(=O)OC(C)CN2C(=O)C3CCCCC3C2=O)c1.[C-]#[N+]CC(=O)OCC(C)OC(=O)CC1CC(C)(C)CC(C)(CNC(=O)OC(C)COC(=O)CC#N)C1.[C-]#[N+]CC(=O)OCC(C)OC(=O)CCc1cccc(CCC(=O)OC(C)COC(=O)CC#N)c1.[C-]#[N+]CCOC(=O)CC1CC(C)(C)CC(C)(CNC(=O)OCCC#N)C1. The summed E-state index contributed by atoms with van der Waals surface area (Å²) in [5, 5.41) is 30.9. The van der Waals surface area contributed by atoms with Gasteiger partial charge in [0.2, 0.25) is 30.2 Å². The molecule has 2 N–H and O–H groups in total. The third-order valence-corrected chi connectivity index (χ3v) is 24.1. The number of alkyl carbamates (subject to hydrolysis) is 2. The zero-order valence-corrected chi connectivity index (χ0v) is 82.8. The first-order valence-corrected chi connectivity index (χ1v) is 47.9. The normalized spacial score (nSPS) is 21.2. The van der Waals surface area contributed by atoms with Crippen molar-refractivity contribution in [3.63, 3.8) is 0 Å². The Morgan fingerprint density at radius 2 is 0.729 bits per heavy atom. The molecule has 4 aliphatic carbocycles. The third kappa shape index (κ3) is 44.8. The maximum absolute atomic E-state index is 12.7. The largest absolute Gasteiger partial charge is 0.461 e. The highest BCUT2D eigenvalue weighted by atomic mass is 16.6. The van der Waals surface area contributed by atoms with E-state index in [1.807, 2.05) is 54.6 Å². The minimum atomic E-state index is -0.676. The number of hydrogen-bond donors (Lipinski definition) is 2. The zero-order chi connectivity index (χ0) is 104. The molecule has 6 aliphatic rings. The number of benzene rings is 2. The minimum absolute atomic E-state index is 0.0411. The molecule has 8 rings (SSSR count). The Kier molecular flexibility index (Phi) is 50.3. The number of ether oxygens (including phenoxy) is 12. The second-order valence-corrected chi connectivity index (χ2v) is 39.1. The molecule has 6 fully saturated rings. The quantitative estimate of drug-likeness (QED) is 0.0204. The fourth-order valence-electron chi connectivity index (χ4n) is 19.1. The Hall–Kier alpha value is -13.1. The molecule has 0 bridgehead atoms. The van der Waals surface area contributed by atoms with Gasteiger partial charge >= 0.3 is 85.0 Å². The lowest BCUT2D eigenvalue weighted by atomic mass is 9.60. The van der Waals surface area contributed by atoms with Crippen LogP contribution in [0.5, 0.6) is 0 Å². The van der Waals surface area contributed by atoms with E-state index < -0.39 is 96.6 Å². The number of hydrogen-bond acceptors (Lipinski definition) is 31. The molecular weight excluding hydrogens is 1810 g/mol. The summed E-state index contributed by atoms with van der Waals surface area (Å²) in [6.07, 6.45) is 9.39. The topological polar surface area (TPSA) is 499 Å². The smallest absolute Gasteiger partial charge is 0.407 e. The van der Waals surface area contributed by atoms with Gasteiger partial charge in [0.25, 0.3) is 0 Å². The number of rotatable bonds is 46. The molecule has 14 unspecified atom stereocenters. The fourth-order valence-corrected chi connectivity index (χ4v) is 19.1. The van der Waals surface area contributed by atoms with E-state index in [0.717, 1.165) is 106 Å². The second-order valence-electron chi connectivity index (χ2n) is 39.1. The summed E-state index contributed by atoms with van der Waals surface area (Å²) in [6, 6.07) is 20.4. The Morgan fingerprint density at radius 1 is 0.400 bits per heavy atom. The predicted octanol–water partition coefficient (Wildman–Crippen LogP) is 12.6. The van der Waals surface area contributed by atoms with E-state index in [0.29, 0.717) is 51.6 Å². The minimum Gasteiger partial charge on any atom is -0.461 e. The molecule has 140 heavy (non-hydrogen) atoms. The van der Waals surface area contributed by atoms with Crippen molar-refractivity contribution >= 4 is 95.5 Å². The Labute approximate surface area is 820 Å². The van der Waals surface area contributed by atoms with E-state index in [2.05, 4.69) is 66.7 Å². The van der Waals surface area contributed by atoms with Crippen LogP contribution in [0.15, 0.2) is 48.5 Å². The van der Waals surface area contributed by atoms with Crippen LogP contribution in [0.3, 0.4) is 0 Å². The summed E-state index contributed by atoms with van der Waals surface area (Å²) in [6.45, 7) is 42.7. The number of aryl methyl sites for hydroxylation is 4. The number of carbonyl (C=O) groups is 16. The fraction of sp³-hybridized carbons (Fsp3) is 0.667. The molecule has 2 aliphatic heterocycles. The third-order valence-electron chi connectivity index (χ3n) is 24.1. The van der Waals surface area contributed by atoms with Crippen LogP contribution in [0.2, 0.25) is 0 Å². The first-order valence-electron chi connectivity index (χ1n) is 47.9. The van der Waals surface area contributed by atoms with Crippen molar-refractivity contribution in [1.82, 2.24) is 20.4 Å². The van der Waals surface area contributed by atoms with E-state index in [1.165, 1.54) is 9.80 Å². The number of imide groups is 2. The summed E-state index contributed by atoms with van der Waals surface area (Å²) in [5.41, 5.74) is 3.22. The molecule has 0 aromatic heterocycles. The summed E-state index contributed by atoms with van der Waals surface area (Å²) >= 11 is 0. The standard InChI is InChI=1S/C34H44N2O8.C25H37N3O8.C24H28N2O8.C19H29N3O4/c1-21(19-35-31(39)25-10-3-4-11-26(25)32(35)40)43-29(37)16-14-23-8-7-9-24(18-23)15-17-30(38)44-22(2)20-36-33(41)27-12-5-6-13-28(27)34(36)42;1-17(13-34-22(31)12-27-6)35-21(30)9-19-10-24(3,4)15-25(5,11-19)16-28-23(32)36-18(2)14-33-20(29)7-8-26;1-17(15-31-21(27)11-12-25)33-22(28)9-7-19-5-4-6-20(13-19)8-10-23(29)34-18(2)16-32-24(30)14-26-3;1-18(2)11-15(10-16(23)25-9-7-21-4)12-19(3,13-18)14-22-17(24)26-8-5-6-20/h7-9,18,21-22,25-28H,3-6,10-17,19-20H2,1-2H3;17-19H,7,9-16H2,1-5H3,(H,28,32);4-6,13,17-18H,7-11,14-16H2,1-2H3;15H,5,7-14H2,1-3H3,(H,22,24). The molecule has 14 atom stereocenters. The van der Waals surface area contributed by atoms with Gasteiger partial charge in [-0.15, -0.1) is 0 Å². The van der Waals surface area contributed by atoms with Crippen molar-refractivity contribution in [2.75, 3.05) is 85.5 Å². The number of nitrogens with zero attached hydrogens (tertiary/aromatic N) is 8. The second kappa shape index (κ2) is 60.0. The molecule has 764 valence electrons. The molecule has 38 heteroatoms. The van der Waals surface area contributed by atoms with E-state index in [1.54, 1.807) is 53.7 Å². The van der Waals surface area contributed by atoms with Crippen LogP contribution in [0.1, 0.15) is 253 Å². The maximum Gasteiger partial charge on any atom is 0.407 e. The average Bonchev–Trinajstić information content (AvgIpc) is 1.63. The van der Waals surface area contributed by atoms with E-state index in [9.17, 15) is 76.7 Å². The van der Waals surface area contributed by atoms with Crippen LogP contribution in [-0.2, 0) is 150 Å². The molecule has 0 radical (unpaired) electrons. The number of carbonyl (C=O) groups excluding carboxylic acids is 16. The lowest BCUT2D eigenvalue weighted by Gasteiger charge is -2.46. The van der Waals surface area contributed by atoms with Crippen LogP contribution in [0, 0.1) is 111 Å². The van der Waals surface area contributed by atoms with E-state index in [4.69, 9.17) is 92.3 Å². The molecule has 2 aromatic carbocycles. The van der Waals surface area contributed by atoms with Crippen molar-refractivity contribution in [2.24, 2.45) is 57.2 Å². The molecule has 2 saturated heterocycles. The van der Waals surface area contributed by atoms with Gasteiger partial charge in [0.15, 0.2) is 6.61 Å². The van der Waals surface area contributed by atoms with Gasteiger partial charge in [0.05, 0.1) is 61.4 Å². The first kappa shape index (κ1) is 117. The Morgan fingerprint density at radius 3 is 1.07 bits per heavy atom. The molecule has 38 nitrogen and oxygen atoms in total.